The number of rotatable bonds is 7. The van der Waals surface area contributed by atoms with Gasteiger partial charge in [-0.05, 0) is 12.8 Å². The summed E-state index contributed by atoms with van der Waals surface area (Å²) in [6.07, 6.45) is 4.59. The van der Waals surface area contributed by atoms with E-state index in [2.05, 4.69) is 13.2 Å². The van der Waals surface area contributed by atoms with Crippen molar-refractivity contribution in [3.8, 4) is 0 Å². The van der Waals surface area contributed by atoms with Gasteiger partial charge in [0.1, 0.15) is 5.60 Å². The average Bonchev–Trinajstić information content (AvgIpc) is 2.02. The molecule has 0 saturated heterocycles. The molecule has 0 bridgehead atoms. The second-order valence-corrected chi connectivity index (χ2v) is 4.26. The summed E-state index contributed by atoms with van der Waals surface area (Å²) in [5.74, 6) is 0. The Kier molecular flexibility index (Phi) is 5.31. The van der Waals surface area contributed by atoms with E-state index in [9.17, 15) is 4.57 Å². The molecule has 0 aliphatic rings. The summed E-state index contributed by atoms with van der Waals surface area (Å²) in [6.45, 7) is 8.97. The first-order valence-corrected chi connectivity index (χ1v) is 5.93. The molecule has 14 heavy (non-hydrogen) atoms. The molecule has 2 N–H and O–H groups in total. The van der Waals surface area contributed by atoms with Gasteiger partial charge in [-0.3, -0.25) is 4.52 Å². The zero-order valence-corrected chi connectivity index (χ0v) is 9.24. The third-order valence-corrected chi connectivity index (χ3v) is 2.44. The predicted molar refractivity (Wildman–Crippen MR) is 55.8 cm³/mol. The number of phosphoric ester groups is 1. The van der Waals surface area contributed by atoms with Crippen LogP contribution in [0, 0.1) is 0 Å². The maximum atomic E-state index is 10.7. The van der Waals surface area contributed by atoms with Crippen molar-refractivity contribution in [2.75, 3.05) is 0 Å². The highest BCUT2D eigenvalue weighted by Gasteiger charge is 2.33. The molecule has 0 aliphatic heterocycles. The van der Waals surface area contributed by atoms with Gasteiger partial charge in [-0.2, -0.15) is 0 Å². The van der Waals surface area contributed by atoms with Gasteiger partial charge in [0.15, 0.2) is 0 Å². The highest BCUT2D eigenvalue weighted by molar-refractivity contribution is 7.46. The first-order chi connectivity index (χ1) is 6.39. The Bertz CT molecular complexity index is 245. The van der Waals surface area contributed by atoms with Gasteiger partial charge in [-0.1, -0.05) is 25.5 Å². The molecule has 0 aliphatic carbocycles. The predicted octanol–water partition coefficient (Wildman–Crippen LogP) is 2.40. The van der Waals surface area contributed by atoms with Crippen LogP contribution >= 0.6 is 7.82 Å². The van der Waals surface area contributed by atoms with Gasteiger partial charge in [0.2, 0.25) is 0 Å². The van der Waals surface area contributed by atoms with Crippen molar-refractivity contribution in [3.63, 3.8) is 0 Å². The SMILES string of the molecule is C=CCC(C=C)(CCC)OP(=O)(O)O. The third-order valence-electron chi connectivity index (χ3n) is 1.84. The minimum absolute atomic E-state index is 0.343. The summed E-state index contributed by atoms with van der Waals surface area (Å²) in [6, 6.07) is 0. The summed E-state index contributed by atoms with van der Waals surface area (Å²) < 4.78 is 15.5. The highest BCUT2D eigenvalue weighted by Crippen LogP contribution is 2.44. The Morgan fingerprint density at radius 3 is 2.36 bits per heavy atom. The Morgan fingerprint density at radius 1 is 1.50 bits per heavy atom. The van der Waals surface area contributed by atoms with Crippen LogP contribution in [-0.4, -0.2) is 15.4 Å². The van der Waals surface area contributed by atoms with Crippen molar-refractivity contribution in [2.24, 2.45) is 0 Å². The lowest BCUT2D eigenvalue weighted by Crippen LogP contribution is -2.27. The lowest BCUT2D eigenvalue weighted by atomic mass is 9.94. The van der Waals surface area contributed by atoms with Gasteiger partial charge >= 0.3 is 7.82 Å². The van der Waals surface area contributed by atoms with Crippen molar-refractivity contribution < 1.29 is 18.9 Å². The van der Waals surface area contributed by atoms with E-state index in [4.69, 9.17) is 14.3 Å². The first kappa shape index (κ1) is 13.6. The molecule has 1 atom stereocenters. The number of hydrogen-bond acceptors (Lipinski definition) is 2. The fourth-order valence-electron chi connectivity index (χ4n) is 1.31. The minimum Gasteiger partial charge on any atom is -0.303 e. The zero-order valence-electron chi connectivity index (χ0n) is 8.35. The van der Waals surface area contributed by atoms with Crippen LogP contribution in [0.5, 0.6) is 0 Å². The zero-order chi connectivity index (χ0) is 11.2. The molecule has 0 aromatic heterocycles. The van der Waals surface area contributed by atoms with E-state index in [1.54, 1.807) is 6.08 Å². The molecule has 1 unspecified atom stereocenters. The molecule has 0 radical (unpaired) electrons. The minimum atomic E-state index is -4.48. The van der Waals surface area contributed by atoms with Gasteiger partial charge in [0.25, 0.3) is 0 Å². The Labute approximate surface area is 84.5 Å². The summed E-state index contributed by atoms with van der Waals surface area (Å²) >= 11 is 0. The summed E-state index contributed by atoms with van der Waals surface area (Å²) in [5.41, 5.74) is -0.991. The molecule has 4 nitrogen and oxygen atoms in total. The Balaban J connectivity index is 4.73. The third kappa shape index (κ3) is 4.72. The summed E-state index contributed by atoms with van der Waals surface area (Å²) in [5, 5.41) is 0. The molecule has 0 rings (SSSR count). The highest BCUT2D eigenvalue weighted by atomic mass is 31.2. The molecule has 0 saturated carbocycles. The quantitative estimate of drug-likeness (QED) is 0.510. The van der Waals surface area contributed by atoms with E-state index in [0.717, 1.165) is 6.42 Å². The van der Waals surface area contributed by atoms with Crippen molar-refractivity contribution >= 4 is 7.82 Å². The molecule has 0 aromatic carbocycles. The Hall–Kier alpha value is -0.410. The van der Waals surface area contributed by atoms with Crippen LogP contribution in [0.4, 0.5) is 0 Å². The molecule has 0 amide bonds. The van der Waals surface area contributed by atoms with Crippen LogP contribution in [0.15, 0.2) is 25.3 Å². The number of phosphoric acid groups is 1. The monoisotopic (exact) mass is 220 g/mol. The first-order valence-electron chi connectivity index (χ1n) is 4.40. The van der Waals surface area contributed by atoms with Gasteiger partial charge in [-0.25, -0.2) is 4.57 Å². The van der Waals surface area contributed by atoms with Crippen molar-refractivity contribution in [2.45, 2.75) is 31.8 Å². The van der Waals surface area contributed by atoms with Crippen molar-refractivity contribution in [1.29, 1.82) is 0 Å². The fourth-order valence-corrected chi connectivity index (χ4v) is 2.03. The molecular weight excluding hydrogens is 203 g/mol. The van der Waals surface area contributed by atoms with Crippen LogP contribution in [0.1, 0.15) is 26.2 Å². The van der Waals surface area contributed by atoms with E-state index in [0.29, 0.717) is 12.8 Å². The van der Waals surface area contributed by atoms with Gasteiger partial charge < -0.3 is 9.79 Å². The van der Waals surface area contributed by atoms with E-state index in [1.807, 2.05) is 6.92 Å². The molecule has 82 valence electrons. The second-order valence-electron chi connectivity index (χ2n) is 3.09. The van der Waals surface area contributed by atoms with E-state index < -0.39 is 13.4 Å². The molecule has 5 heteroatoms. The molecule has 0 aromatic rings. The van der Waals surface area contributed by atoms with Crippen LogP contribution in [0.25, 0.3) is 0 Å². The van der Waals surface area contributed by atoms with Crippen LogP contribution in [0.3, 0.4) is 0 Å². The molecule has 0 spiro atoms. The van der Waals surface area contributed by atoms with Crippen molar-refractivity contribution in [3.05, 3.63) is 25.3 Å². The smallest absolute Gasteiger partial charge is 0.303 e. The Morgan fingerprint density at radius 2 is 2.07 bits per heavy atom. The molecule has 0 fully saturated rings. The second kappa shape index (κ2) is 5.47. The van der Waals surface area contributed by atoms with Crippen molar-refractivity contribution in [1.82, 2.24) is 0 Å². The van der Waals surface area contributed by atoms with E-state index in [1.165, 1.54) is 6.08 Å². The van der Waals surface area contributed by atoms with Gasteiger partial charge in [0.05, 0.1) is 0 Å². The van der Waals surface area contributed by atoms with Crippen LogP contribution < -0.4 is 0 Å². The standard InChI is InChI=1S/C9H17O4P/c1-4-7-9(6-3,8-5-2)13-14(10,11)12/h4,6H,1,3,5,7-8H2,2H3,(H2,10,11,12). The number of hydrogen-bond donors (Lipinski definition) is 2. The molecular formula is C9H17O4P. The van der Waals surface area contributed by atoms with Crippen LogP contribution in [-0.2, 0) is 9.09 Å². The normalized spacial score (nSPS) is 15.9. The lowest BCUT2D eigenvalue weighted by molar-refractivity contribution is 0.0684. The van der Waals surface area contributed by atoms with Crippen LogP contribution in [0.2, 0.25) is 0 Å². The van der Waals surface area contributed by atoms with Gasteiger partial charge in [0, 0.05) is 0 Å². The van der Waals surface area contributed by atoms with Gasteiger partial charge in [-0.15, -0.1) is 13.2 Å². The largest absolute Gasteiger partial charge is 0.470 e. The van der Waals surface area contributed by atoms with E-state index >= 15 is 0 Å². The average molecular weight is 220 g/mol. The summed E-state index contributed by atoms with van der Waals surface area (Å²) in [7, 11) is -4.48. The topological polar surface area (TPSA) is 66.8 Å². The maximum Gasteiger partial charge on any atom is 0.470 e. The maximum absolute atomic E-state index is 10.7. The fraction of sp³-hybridized carbons (Fsp3) is 0.556. The van der Waals surface area contributed by atoms with E-state index in [-0.39, 0.29) is 0 Å². The summed E-state index contributed by atoms with van der Waals surface area (Å²) in [4.78, 5) is 17.5. The lowest BCUT2D eigenvalue weighted by Gasteiger charge is -2.29. The molecule has 0 heterocycles.